The highest BCUT2D eigenvalue weighted by Crippen LogP contribution is 2.21. The standard InChI is InChI=1S/C19H17FN6O/c1-11(2)26-10-21-25-18(26)15-4-3-5-17(23-15)24-19(27)16-9-12-8-13(20)6-7-14(12)22-16/h3-11,22H,1-2H3,(H,23,24,27). The number of aromatic nitrogens is 5. The second kappa shape index (κ2) is 6.64. The molecule has 8 heteroatoms. The van der Waals surface area contributed by atoms with Gasteiger partial charge in [0.05, 0.1) is 0 Å². The lowest BCUT2D eigenvalue weighted by molar-refractivity contribution is 0.102. The van der Waals surface area contributed by atoms with Gasteiger partial charge >= 0.3 is 0 Å². The van der Waals surface area contributed by atoms with E-state index in [9.17, 15) is 9.18 Å². The SMILES string of the molecule is CC(C)n1cnnc1-c1cccc(NC(=O)c2cc3cc(F)ccc3[nH]2)n1. The summed E-state index contributed by atoms with van der Waals surface area (Å²) in [5.74, 6) is 0.307. The highest BCUT2D eigenvalue weighted by molar-refractivity contribution is 6.05. The number of pyridine rings is 1. The summed E-state index contributed by atoms with van der Waals surface area (Å²) in [6.07, 6.45) is 1.65. The predicted molar refractivity (Wildman–Crippen MR) is 99.8 cm³/mol. The number of halogens is 1. The number of aromatic amines is 1. The molecule has 4 aromatic rings. The van der Waals surface area contributed by atoms with Crippen molar-refractivity contribution in [2.45, 2.75) is 19.9 Å². The molecule has 2 N–H and O–H groups in total. The smallest absolute Gasteiger partial charge is 0.273 e. The molecular weight excluding hydrogens is 347 g/mol. The topological polar surface area (TPSA) is 88.5 Å². The van der Waals surface area contributed by atoms with Gasteiger partial charge in [-0.05, 0) is 50.2 Å². The van der Waals surface area contributed by atoms with Gasteiger partial charge < -0.3 is 14.9 Å². The lowest BCUT2D eigenvalue weighted by Gasteiger charge is -2.10. The van der Waals surface area contributed by atoms with Gasteiger partial charge in [-0.3, -0.25) is 4.79 Å². The van der Waals surface area contributed by atoms with Crippen LogP contribution < -0.4 is 5.32 Å². The molecule has 0 saturated heterocycles. The lowest BCUT2D eigenvalue weighted by atomic mass is 10.2. The number of carbonyl (C=O) groups excluding carboxylic acids is 1. The second-order valence-electron chi connectivity index (χ2n) is 6.43. The minimum atomic E-state index is -0.360. The van der Waals surface area contributed by atoms with Crippen LogP contribution in [0.3, 0.4) is 0 Å². The molecule has 3 heterocycles. The van der Waals surface area contributed by atoms with Crippen molar-refractivity contribution in [1.82, 2.24) is 24.7 Å². The molecule has 7 nitrogen and oxygen atoms in total. The summed E-state index contributed by atoms with van der Waals surface area (Å²) in [6.45, 7) is 4.05. The van der Waals surface area contributed by atoms with Crippen LogP contribution in [0.5, 0.6) is 0 Å². The molecule has 1 aromatic carbocycles. The third-order valence-corrected chi connectivity index (χ3v) is 4.18. The van der Waals surface area contributed by atoms with Gasteiger partial charge in [0.2, 0.25) is 0 Å². The average molecular weight is 364 g/mol. The number of amides is 1. The first kappa shape index (κ1) is 16.9. The molecule has 0 spiro atoms. The second-order valence-corrected chi connectivity index (χ2v) is 6.43. The van der Waals surface area contributed by atoms with Crippen LogP contribution in [-0.4, -0.2) is 30.6 Å². The molecule has 0 atom stereocenters. The predicted octanol–water partition coefficient (Wildman–Crippen LogP) is 3.79. The normalized spacial score (nSPS) is 11.3. The zero-order valence-corrected chi connectivity index (χ0v) is 14.8. The number of nitrogens with zero attached hydrogens (tertiary/aromatic N) is 4. The number of nitrogens with one attached hydrogen (secondary N) is 2. The van der Waals surface area contributed by atoms with Crippen LogP contribution in [-0.2, 0) is 0 Å². The van der Waals surface area contributed by atoms with Crippen LogP contribution in [0.25, 0.3) is 22.4 Å². The van der Waals surface area contributed by atoms with Crippen molar-refractivity contribution in [3.63, 3.8) is 0 Å². The van der Waals surface area contributed by atoms with Crippen molar-refractivity contribution in [1.29, 1.82) is 0 Å². The molecule has 27 heavy (non-hydrogen) atoms. The van der Waals surface area contributed by atoms with Gasteiger partial charge in [0.1, 0.15) is 29.4 Å². The maximum Gasteiger partial charge on any atom is 0.273 e. The number of carbonyl (C=O) groups is 1. The Hall–Kier alpha value is -3.55. The third kappa shape index (κ3) is 3.29. The van der Waals surface area contributed by atoms with E-state index < -0.39 is 0 Å². The minimum absolute atomic E-state index is 0.182. The van der Waals surface area contributed by atoms with Gasteiger partial charge in [0.15, 0.2) is 5.82 Å². The Bertz CT molecular complexity index is 1130. The molecule has 0 saturated carbocycles. The molecule has 1 amide bonds. The molecule has 0 fully saturated rings. The summed E-state index contributed by atoms with van der Waals surface area (Å²) < 4.78 is 15.2. The van der Waals surface area contributed by atoms with Gasteiger partial charge in [-0.15, -0.1) is 10.2 Å². The van der Waals surface area contributed by atoms with Crippen LogP contribution >= 0.6 is 0 Å². The molecular formula is C19H17FN6O. The first-order chi connectivity index (χ1) is 13.0. The van der Waals surface area contributed by atoms with E-state index in [0.717, 1.165) is 0 Å². The number of rotatable bonds is 4. The van der Waals surface area contributed by atoms with Crippen LogP contribution in [0.2, 0.25) is 0 Å². The Kier molecular flexibility index (Phi) is 4.15. The Balaban J connectivity index is 1.60. The van der Waals surface area contributed by atoms with E-state index >= 15 is 0 Å². The minimum Gasteiger partial charge on any atom is -0.351 e. The van der Waals surface area contributed by atoms with Crippen molar-refractivity contribution in [3.05, 3.63) is 60.3 Å². The largest absolute Gasteiger partial charge is 0.351 e. The molecule has 0 aliphatic heterocycles. The van der Waals surface area contributed by atoms with Gasteiger partial charge in [-0.2, -0.15) is 0 Å². The number of hydrogen-bond donors (Lipinski definition) is 2. The zero-order chi connectivity index (χ0) is 19.0. The van der Waals surface area contributed by atoms with Crippen molar-refractivity contribution >= 4 is 22.6 Å². The van der Waals surface area contributed by atoms with Gasteiger partial charge in [-0.1, -0.05) is 6.07 Å². The van der Waals surface area contributed by atoms with Gasteiger partial charge in [0, 0.05) is 16.9 Å². The molecule has 0 unspecified atom stereocenters. The number of fused-ring (bicyclic) bond motifs is 1. The highest BCUT2D eigenvalue weighted by atomic mass is 19.1. The van der Waals surface area contributed by atoms with Crippen LogP contribution in [0, 0.1) is 5.82 Å². The van der Waals surface area contributed by atoms with Crippen molar-refractivity contribution < 1.29 is 9.18 Å². The molecule has 0 aliphatic rings. The van der Waals surface area contributed by atoms with Gasteiger partial charge in [-0.25, -0.2) is 9.37 Å². The van der Waals surface area contributed by atoms with Crippen LogP contribution in [0.15, 0.2) is 48.8 Å². The fourth-order valence-corrected chi connectivity index (χ4v) is 2.84. The fourth-order valence-electron chi connectivity index (χ4n) is 2.84. The molecule has 136 valence electrons. The Labute approximate surface area is 154 Å². The van der Waals surface area contributed by atoms with Crippen LogP contribution in [0.1, 0.15) is 30.4 Å². The van der Waals surface area contributed by atoms with E-state index in [0.29, 0.717) is 33.9 Å². The van der Waals surface area contributed by atoms with E-state index in [1.165, 1.54) is 12.1 Å². The summed E-state index contributed by atoms with van der Waals surface area (Å²) in [5, 5.41) is 11.4. The van der Waals surface area contributed by atoms with Crippen molar-refractivity contribution in [2.24, 2.45) is 0 Å². The number of benzene rings is 1. The summed E-state index contributed by atoms with van der Waals surface area (Å²) in [5.41, 5.74) is 1.62. The molecule has 0 bridgehead atoms. The maximum absolute atomic E-state index is 13.3. The van der Waals surface area contributed by atoms with E-state index in [1.807, 2.05) is 24.5 Å². The Morgan fingerprint density at radius 3 is 2.89 bits per heavy atom. The van der Waals surface area contributed by atoms with Gasteiger partial charge in [0.25, 0.3) is 5.91 Å². The summed E-state index contributed by atoms with van der Waals surface area (Å²) in [4.78, 5) is 20.0. The van der Waals surface area contributed by atoms with E-state index in [2.05, 4.69) is 25.5 Å². The number of hydrogen-bond acceptors (Lipinski definition) is 4. The Morgan fingerprint density at radius 1 is 1.22 bits per heavy atom. The van der Waals surface area contributed by atoms with Crippen molar-refractivity contribution in [3.8, 4) is 11.5 Å². The first-order valence-electron chi connectivity index (χ1n) is 8.48. The first-order valence-corrected chi connectivity index (χ1v) is 8.48. The van der Waals surface area contributed by atoms with E-state index in [-0.39, 0.29) is 17.8 Å². The number of anilines is 1. The fraction of sp³-hybridized carbons (Fsp3) is 0.158. The van der Waals surface area contributed by atoms with Crippen LogP contribution in [0.4, 0.5) is 10.2 Å². The lowest BCUT2D eigenvalue weighted by Crippen LogP contribution is -2.13. The summed E-state index contributed by atoms with van der Waals surface area (Å²) >= 11 is 0. The third-order valence-electron chi connectivity index (χ3n) is 4.18. The highest BCUT2D eigenvalue weighted by Gasteiger charge is 2.14. The Morgan fingerprint density at radius 2 is 2.07 bits per heavy atom. The average Bonchev–Trinajstić information content (AvgIpc) is 3.28. The molecule has 0 aliphatic carbocycles. The zero-order valence-electron chi connectivity index (χ0n) is 14.8. The summed E-state index contributed by atoms with van der Waals surface area (Å²) in [6, 6.07) is 11.4. The monoisotopic (exact) mass is 364 g/mol. The maximum atomic E-state index is 13.3. The molecule has 0 radical (unpaired) electrons. The quantitative estimate of drug-likeness (QED) is 0.577. The van der Waals surface area contributed by atoms with E-state index in [1.54, 1.807) is 30.6 Å². The molecule has 3 aromatic heterocycles. The van der Waals surface area contributed by atoms with Crippen molar-refractivity contribution in [2.75, 3.05) is 5.32 Å². The number of H-pyrrole nitrogens is 1. The molecule has 4 rings (SSSR count). The van der Waals surface area contributed by atoms with E-state index in [4.69, 9.17) is 0 Å². The summed E-state index contributed by atoms with van der Waals surface area (Å²) in [7, 11) is 0.